The van der Waals surface area contributed by atoms with Gasteiger partial charge in [0.25, 0.3) is 0 Å². The highest BCUT2D eigenvalue weighted by atomic mass is 32.2. The van der Waals surface area contributed by atoms with E-state index >= 15 is 0 Å². The van der Waals surface area contributed by atoms with Crippen LogP contribution in [0.5, 0.6) is 0 Å². The summed E-state index contributed by atoms with van der Waals surface area (Å²) in [4.78, 5) is 11.6. The molecule has 0 aliphatic carbocycles. The first-order valence-electron chi connectivity index (χ1n) is 5.03. The topological polar surface area (TPSA) is 37.3 Å². The van der Waals surface area contributed by atoms with Crippen LogP contribution < -0.4 is 0 Å². The average molecular weight is 266 g/mol. The van der Waals surface area contributed by atoms with Crippen LogP contribution in [0.25, 0.3) is 0 Å². The maximum Gasteiger partial charge on any atom is 0.336 e. The van der Waals surface area contributed by atoms with Gasteiger partial charge in [0.1, 0.15) is 11.6 Å². The van der Waals surface area contributed by atoms with Crippen molar-refractivity contribution < 1.29 is 18.7 Å². The molecule has 92 valence electrons. The first-order valence-corrected chi connectivity index (χ1v) is 5.85. The third-order valence-corrected chi connectivity index (χ3v) is 3.36. The fourth-order valence-electron chi connectivity index (χ4n) is 1.40. The van der Waals surface area contributed by atoms with Gasteiger partial charge in [0.05, 0.1) is 10.5 Å². The molecule has 2 aromatic rings. The highest BCUT2D eigenvalue weighted by Gasteiger charge is 2.15. The Balaban J connectivity index is 2.39. The molecular formula is C13H8F2O2S. The molecule has 0 aliphatic rings. The highest BCUT2D eigenvalue weighted by molar-refractivity contribution is 7.99. The Morgan fingerprint density at radius 3 is 2.33 bits per heavy atom. The number of rotatable bonds is 3. The lowest BCUT2D eigenvalue weighted by atomic mass is 10.2. The number of aromatic carboxylic acids is 1. The van der Waals surface area contributed by atoms with Crippen LogP contribution in [-0.4, -0.2) is 11.1 Å². The molecule has 0 amide bonds. The van der Waals surface area contributed by atoms with Crippen LogP contribution in [0, 0.1) is 11.6 Å². The van der Waals surface area contributed by atoms with Gasteiger partial charge >= 0.3 is 5.97 Å². The molecule has 0 aliphatic heterocycles. The standard InChI is InChI=1S/C13H8F2O2S/c14-8-4-6-9(7-5-8)18-12-10(13(16)17)2-1-3-11(12)15/h1-7H,(H,16,17). The monoisotopic (exact) mass is 266 g/mol. The zero-order valence-corrected chi connectivity index (χ0v) is 9.88. The number of benzene rings is 2. The third-order valence-electron chi connectivity index (χ3n) is 2.23. The van der Waals surface area contributed by atoms with Gasteiger partial charge in [0.2, 0.25) is 0 Å². The number of hydrogen-bond acceptors (Lipinski definition) is 2. The maximum absolute atomic E-state index is 13.6. The summed E-state index contributed by atoms with van der Waals surface area (Å²) >= 11 is 0.955. The Morgan fingerprint density at radius 2 is 1.72 bits per heavy atom. The molecule has 2 aromatic carbocycles. The van der Waals surface area contributed by atoms with Crippen LogP contribution in [0.4, 0.5) is 8.78 Å². The van der Waals surface area contributed by atoms with E-state index in [0.29, 0.717) is 4.90 Å². The largest absolute Gasteiger partial charge is 0.478 e. The number of carboxylic acids is 1. The van der Waals surface area contributed by atoms with E-state index in [9.17, 15) is 13.6 Å². The average Bonchev–Trinajstić information content (AvgIpc) is 2.34. The van der Waals surface area contributed by atoms with Crippen LogP contribution in [0.1, 0.15) is 10.4 Å². The summed E-state index contributed by atoms with van der Waals surface area (Å²) < 4.78 is 26.4. The molecule has 0 radical (unpaired) electrons. The van der Waals surface area contributed by atoms with E-state index in [-0.39, 0.29) is 10.5 Å². The second-order valence-corrected chi connectivity index (χ2v) is 4.56. The minimum Gasteiger partial charge on any atom is -0.478 e. The van der Waals surface area contributed by atoms with Gasteiger partial charge in [0.15, 0.2) is 0 Å². The summed E-state index contributed by atoms with van der Waals surface area (Å²) in [6.07, 6.45) is 0. The second-order valence-electron chi connectivity index (χ2n) is 3.48. The van der Waals surface area contributed by atoms with Crippen molar-refractivity contribution in [2.45, 2.75) is 9.79 Å². The van der Waals surface area contributed by atoms with Gasteiger partial charge in [-0.1, -0.05) is 17.8 Å². The van der Waals surface area contributed by atoms with Gasteiger partial charge in [-0.2, -0.15) is 0 Å². The molecule has 0 saturated carbocycles. The van der Waals surface area contributed by atoms with Gasteiger partial charge in [-0.05, 0) is 36.4 Å². The predicted molar refractivity (Wildman–Crippen MR) is 63.9 cm³/mol. The van der Waals surface area contributed by atoms with E-state index in [1.165, 1.54) is 42.5 Å². The van der Waals surface area contributed by atoms with E-state index in [1.54, 1.807) is 0 Å². The summed E-state index contributed by atoms with van der Waals surface area (Å²) in [6, 6.07) is 9.28. The van der Waals surface area contributed by atoms with Crippen LogP contribution >= 0.6 is 11.8 Å². The molecule has 18 heavy (non-hydrogen) atoms. The maximum atomic E-state index is 13.6. The van der Waals surface area contributed by atoms with Crippen LogP contribution in [-0.2, 0) is 0 Å². The highest BCUT2D eigenvalue weighted by Crippen LogP contribution is 2.32. The summed E-state index contributed by atoms with van der Waals surface area (Å²) in [5, 5.41) is 8.97. The summed E-state index contributed by atoms with van der Waals surface area (Å²) in [5.41, 5.74) is -0.107. The molecule has 0 saturated heterocycles. The minimum atomic E-state index is -1.20. The van der Waals surface area contributed by atoms with E-state index in [2.05, 4.69) is 0 Å². The fraction of sp³-hybridized carbons (Fsp3) is 0. The molecule has 2 nitrogen and oxygen atoms in total. The fourth-order valence-corrected chi connectivity index (χ4v) is 2.34. The van der Waals surface area contributed by atoms with Gasteiger partial charge < -0.3 is 5.11 Å². The first-order chi connectivity index (χ1) is 8.58. The molecule has 0 fully saturated rings. The van der Waals surface area contributed by atoms with Crippen molar-refractivity contribution in [3.8, 4) is 0 Å². The molecule has 1 N–H and O–H groups in total. The SMILES string of the molecule is O=C(O)c1cccc(F)c1Sc1ccc(F)cc1. The van der Waals surface area contributed by atoms with Crippen molar-refractivity contribution >= 4 is 17.7 Å². The smallest absolute Gasteiger partial charge is 0.336 e. The predicted octanol–water partition coefficient (Wildman–Crippen LogP) is 3.81. The molecule has 0 atom stereocenters. The summed E-state index contributed by atoms with van der Waals surface area (Å²) in [5.74, 6) is -2.20. The van der Waals surface area contributed by atoms with E-state index in [0.717, 1.165) is 11.8 Å². The normalized spacial score (nSPS) is 10.3. The van der Waals surface area contributed by atoms with E-state index in [1.807, 2.05) is 0 Å². The summed E-state index contributed by atoms with van der Waals surface area (Å²) in [7, 11) is 0. The molecule has 0 unspecified atom stereocenters. The number of hydrogen-bond donors (Lipinski definition) is 1. The molecule has 5 heteroatoms. The van der Waals surface area contributed by atoms with Gasteiger partial charge in [-0.15, -0.1) is 0 Å². The number of carboxylic acid groups (broad SMARTS) is 1. The number of carbonyl (C=O) groups is 1. The van der Waals surface area contributed by atoms with Crippen molar-refractivity contribution in [2.75, 3.05) is 0 Å². The van der Waals surface area contributed by atoms with E-state index in [4.69, 9.17) is 5.11 Å². The lowest BCUT2D eigenvalue weighted by Gasteiger charge is -2.06. The zero-order valence-electron chi connectivity index (χ0n) is 9.06. The van der Waals surface area contributed by atoms with Crippen molar-refractivity contribution in [3.63, 3.8) is 0 Å². The molecular weight excluding hydrogens is 258 g/mol. The molecule has 0 heterocycles. The molecule has 0 spiro atoms. The molecule has 0 bridgehead atoms. The quantitative estimate of drug-likeness (QED) is 0.917. The Labute approximate surface area is 106 Å². The molecule has 2 rings (SSSR count). The van der Waals surface area contributed by atoms with E-state index < -0.39 is 17.6 Å². The Kier molecular flexibility index (Phi) is 3.62. The Hall–Kier alpha value is -1.88. The van der Waals surface area contributed by atoms with Crippen LogP contribution in [0.15, 0.2) is 52.3 Å². The zero-order chi connectivity index (χ0) is 13.1. The van der Waals surface area contributed by atoms with Crippen molar-refractivity contribution in [1.82, 2.24) is 0 Å². The third kappa shape index (κ3) is 2.68. The molecule has 0 aromatic heterocycles. The second kappa shape index (κ2) is 5.18. The van der Waals surface area contributed by atoms with Gasteiger partial charge in [-0.3, -0.25) is 0 Å². The van der Waals surface area contributed by atoms with Gasteiger partial charge in [-0.25, -0.2) is 13.6 Å². The Bertz CT molecular complexity index is 582. The van der Waals surface area contributed by atoms with Crippen molar-refractivity contribution in [1.29, 1.82) is 0 Å². The van der Waals surface area contributed by atoms with Gasteiger partial charge in [0, 0.05) is 4.90 Å². The minimum absolute atomic E-state index is 0.0246. The van der Waals surface area contributed by atoms with Crippen LogP contribution in [0.3, 0.4) is 0 Å². The lowest BCUT2D eigenvalue weighted by molar-refractivity contribution is 0.0692. The number of halogens is 2. The van der Waals surface area contributed by atoms with Crippen LogP contribution in [0.2, 0.25) is 0 Å². The first kappa shape index (κ1) is 12.6. The lowest BCUT2D eigenvalue weighted by Crippen LogP contribution is -2.00. The van der Waals surface area contributed by atoms with Crippen molar-refractivity contribution in [2.24, 2.45) is 0 Å². The van der Waals surface area contributed by atoms with Crippen molar-refractivity contribution in [3.05, 3.63) is 59.7 Å². The Morgan fingerprint density at radius 1 is 1.06 bits per heavy atom. The summed E-state index contributed by atoms with van der Waals surface area (Å²) in [6.45, 7) is 0.